The second kappa shape index (κ2) is 6.38. The Bertz CT molecular complexity index is 215. The highest BCUT2D eigenvalue weighted by Crippen LogP contribution is 2.30. The van der Waals surface area contributed by atoms with Crippen molar-refractivity contribution in [3.05, 3.63) is 0 Å². The second-order valence-corrected chi connectivity index (χ2v) is 6.61. The van der Waals surface area contributed by atoms with Crippen molar-refractivity contribution in [1.29, 1.82) is 0 Å². The number of rotatable bonds is 2. The van der Waals surface area contributed by atoms with Gasteiger partial charge in [-0.3, -0.25) is 9.80 Å². The maximum Gasteiger partial charge on any atom is 0.0251 e. The van der Waals surface area contributed by atoms with Gasteiger partial charge in [0, 0.05) is 12.1 Å². The molecule has 0 spiro atoms. The molecule has 1 saturated carbocycles. The van der Waals surface area contributed by atoms with E-state index in [2.05, 4.69) is 9.80 Å². The van der Waals surface area contributed by atoms with Gasteiger partial charge < -0.3 is 0 Å². The fourth-order valence-electron chi connectivity index (χ4n) is 4.44. The number of nitrogens with zero attached hydrogens (tertiary/aromatic N) is 2. The monoisotopic (exact) mass is 250 g/mol. The van der Waals surface area contributed by atoms with Gasteiger partial charge in [-0.05, 0) is 64.7 Å². The van der Waals surface area contributed by atoms with Crippen LogP contribution in [-0.2, 0) is 0 Å². The van der Waals surface area contributed by atoms with Crippen LogP contribution in [0.2, 0.25) is 0 Å². The Hall–Kier alpha value is -0.0800. The van der Waals surface area contributed by atoms with E-state index in [0.29, 0.717) is 0 Å². The van der Waals surface area contributed by atoms with E-state index in [-0.39, 0.29) is 0 Å². The first-order valence-electron chi connectivity index (χ1n) is 8.43. The summed E-state index contributed by atoms with van der Waals surface area (Å²) in [6.07, 6.45) is 14.6. The smallest absolute Gasteiger partial charge is 0.0251 e. The first-order valence-corrected chi connectivity index (χ1v) is 8.43. The molecule has 2 aliphatic heterocycles. The summed E-state index contributed by atoms with van der Waals surface area (Å²) in [7, 11) is 0. The molecule has 18 heavy (non-hydrogen) atoms. The molecule has 2 heterocycles. The first-order chi connectivity index (χ1) is 8.95. The number of hydrogen-bond acceptors (Lipinski definition) is 2. The molecule has 2 unspecified atom stereocenters. The van der Waals surface area contributed by atoms with Gasteiger partial charge in [-0.2, -0.15) is 0 Å². The molecule has 0 aromatic rings. The van der Waals surface area contributed by atoms with Crippen LogP contribution in [0.4, 0.5) is 0 Å². The molecule has 2 nitrogen and oxygen atoms in total. The minimum atomic E-state index is 0.900. The lowest BCUT2D eigenvalue weighted by Gasteiger charge is -2.47. The third-order valence-corrected chi connectivity index (χ3v) is 5.41. The van der Waals surface area contributed by atoms with Crippen molar-refractivity contribution in [2.24, 2.45) is 0 Å². The summed E-state index contributed by atoms with van der Waals surface area (Å²) in [6, 6.07) is 1.80. The lowest BCUT2D eigenvalue weighted by molar-refractivity contribution is 0.0285. The third kappa shape index (κ3) is 2.91. The standard InChI is InChI=1S/C16H30N2/c1-5-11-17(12-6-1)15-9-3-4-10-16(15)18-13-7-2-8-14-18/h15-16H,1-14H2. The molecule has 3 fully saturated rings. The number of hydrogen-bond donors (Lipinski definition) is 0. The maximum absolute atomic E-state index is 2.85. The molecule has 0 radical (unpaired) electrons. The van der Waals surface area contributed by atoms with Crippen LogP contribution in [0.1, 0.15) is 64.2 Å². The molecule has 2 saturated heterocycles. The molecule has 104 valence electrons. The molecule has 2 atom stereocenters. The normalized spacial score (nSPS) is 36.7. The van der Waals surface area contributed by atoms with Gasteiger partial charge in [0.1, 0.15) is 0 Å². The van der Waals surface area contributed by atoms with Gasteiger partial charge in [0.15, 0.2) is 0 Å². The van der Waals surface area contributed by atoms with E-state index in [1.165, 1.54) is 90.4 Å². The second-order valence-electron chi connectivity index (χ2n) is 6.61. The molecule has 0 bridgehead atoms. The van der Waals surface area contributed by atoms with Gasteiger partial charge >= 0.3 is 0 Å². The summed E-state index contributed by atoms with van der Waals surface area (Å²) in [5, 5.41) is 0. The van der Waals surface area contributed by atoms with Crippen LogP contribution >= 0.6 is 0 Å². The van der Waals surface area contributed by atoms with E-state index < -0.39 is 0 Å². The predicted octanol–water partition coefficient (Wildman–Crippen LogP) is 3.27. The van der Waals surface area contributed by atoms with E-state index in [1.54, 1.807) is 0 Å². The largest absolute Gasteiger partial charge is 0.299 e. The molecule has 2 heteroatoms. The quantitative estimate of drug-likeness (QED) is 0.742. The summed E-state index contributed by atoms with van der Waals surface area (Å²) in [5.74, 6) is 0. The SMILES string of the molecule is C1CCN(C2CCCCC2N2CCCCC2)CC1. The summed E-state index contributed by atoms with van der Waals surface area (Å²) in [4.78, 5) is 5.70. The maximum atomic E-state index is 2.85. The van der Waals surface area contributed by atoms with Crippen molar-refractivity contribution in [3.63, 3.8) is 0 Å². The minimum absolute atomic E-state index is 0.900. The zero-order valence-corrected chi connectivity index (χ0v) is 11.9. The van der Waals surface area contributed by atoms with E-state index in [0.717, 1.165) is 12.1 Å². The van der Waals surface area contributed by atoms with E-state index in [1.807, 2.05) is 0 Å². The van der Waals surface area contributed by atoms with Crippen LogP contribution < -0.4 is 0 Å². The molecule has 1 aliphatic carbocycles. The molecular formula is C16H30N2. The lowest BCUT2D eigenvalue weighted by atomic mass is 9.86. The Kier molecular flexibility index (Phi) is 4.58. The van der Waals surface area contributed by atoms with Crippen LogP contribution in [0.3, 0.4) is 0 Å². The van der Waals surface area contributed by atoms with Crippen molar-refractivity contribution < 1.29 is 0 Å². The fourth-order valence-corrected chi connectivity index (χ4v) is 4.44. The van der Waals surface area contributed by atoms with E-state index in [4.69, 9.17) is 0 Å². The molecular weight excluding hydrogens is 220 g/mol. The molecule has 3 rings (SSSR count). The van der Waals surface area contributed by atoms with Gasteiger partial charge in [0.05, 0.1) is 0 Å². The van der Waals surface area contributed by atoms with Crippen LogP contribution in [0.5, 0.6) is 0 Å². The Morgan fingerprint density at radius 2 is 0.833 bits per heavy atom. The summed E-state index contributed by atoms with van der Waals surface area (Å²) in [5.41, 5.74) is 0. The zero-order chi connectivity index (χ0) is 12.2. The summed E-state index contributed by atoms with van der Waals surface area (Å²) < 4.78 is 0. The summed E-state index contributed by atoms with van der Waals surface area (Å²) >= 11 is 0. The van der Waals surface area contributed by atoms with E-state index in [9.17, 15) is 0 Å². The molecule has 0 N–H and O–H groups in total. The van der Waals surface area contributed by atoms with E-state index >= 15 is 0 Å². The number of piperidine rings is 2. The van der Waals surface area contributed by atoms with Crippen molar-refractivity contribution in [2.45, 2.75) is 76.3 Å². The third-order valence-electron chi connectivity index (χ3n) is 5.41. The van der Waals surface area contributed by atoms with Crippen LogP contribution in [0.15, 0.2) is 0 Å². The fraction of sp³-hybridized carbons (Fsp3) is 1.00. The molecule has 0 aromatic heterocycles. The molecule has 0 aromatic carbocycles. The Labute approximate surface area is 113 Å². The van der Waals surface area contributed by atoms with Gasteiger partial charge in [0.25, 0.3) is 0 Å². The minimum Gasteiger partial charge on any atom is -0.299 e. The van der Waals surface area contributed by atoms with Crippen molar-refractivity contribution in [1.82, 2.24) is 9.80 Å². The van der Waals surface area contributed by atoms with Crippen molar-refractivity contribution >= 4 is 0 Å². The lowest BCUT2D eigenvalue weighted by Crippen LogP contribution is -2.55. The predicted molar refractivity (Wildman–Crippen MR) is 76.9 cm³/mol. The van der Waals surface area contributed by atoms with Gasteiger partial charge in [-0.1, -0.05) is 25.7 Å². The molecule has 3 aliphatic rings. The Balaban J connectivity index is 1.64. The highest BCUT2D eigenvalue weighted by atomic mass is 15.3. The first kappa shape index (κ1) is 12.9. The zero-order valence-electron chi connectivity index (χ0n) is 11.9. The van der Waals surface area contributed by atoms with Crippen molar-refractivity contribution in [3.8, 4) is 0 Å². The van der Waals surface area contributed by atoms with Crippen LogP contribution in [-0.4, -0.2) is 48.1 Å². The highest BCUT2D eigenvalue weighted by molar-refractivity contribution is 4.91. The summed E-state index contributed by atoms with van der Waals surface area (Å²) in [6.45, 7) is 5.54. The van der Waals surface area contributed by atoms with Gasteiger partial charge in [-0.15, -0.1) is 0 Å². The average molecular weight is 250 g/mol. The number of likely N-dealkylation sites (tertiary alicyclic amines) is 2. The average Bonchev–Trinajstić information content (AvgIpc) is 2.49. The van der Waals surface area contributed by atoms with Gasteiger partial charge in [0.2, 0.25) is 0 Å². The van der Waals surface area contributed by atoms with Crippen LogP contribution in [0, 0.1) is 0 Å². The Morgan fingerprint density at radius 3 is 1.22 bits per heavy atom. The molecule has 0 amide bonds. The van der Waals surface area contributed by atoms with Crippen molar-refractivity contribution in [2.75, 3.05) is 26.2 Å². The topological polar surface area (TPSA) is 6.48 Å². The highest BCUT2D eigenvalue weighted by Gasteiger charge is 2.34. The van der Waals surface area contributed by atoms with Crippen LogP contribution in [0.25, 0.3) is 0 Å². The van der Waals surface area contributed by atoms with Gasteiger partial charge in [-0.25, -0.2) is 0 Å². The Morgan fingerprint density at radius 1 is 0.444 bits per heavy atom.